The molecule has 0 aromatic carbocycles. The first-order valence-corrected chi connectivity index (χ1v) is 10.2. The van der Waals surface area contributed by atoms with Gasteiger partial charge in [-0.1, -0.05) is 61.3 Å². The number of hydrogen-bond donors (Lipinski definition) is 3. The SMILES string of the molecule is C=CC(=CCC/C(=C\C)c1ccc(C(=O)NO)o1)CNCCCC(=C)/C=C\C=C/C. The smallest absolute Gasteiger partial charge is 0.310 e. The summed E-state index contributed by atoms with van der Waals surface area (Å²) >= 11 is 0. The topological polar surface area (TPSA) is 74.5 Å². The predicted molar refractivity (Wildman–Crippen MR) is 124 cm³/mol. The van der Waals surface area contributed by atoms with Crippen molar-refractivity contribution in [3.8, 4) is 0 Å². The van der Waals surface area contributed by atoms with Gasteiger partial charge in [-0.3, -0.25) is 10.0 Å². The molecule has 0 fully saturated rings. The van der Waals surface area contributed by atoms with Crippen LogP contribution in [0, 0.1) is 0 Å². The fourth-order valence-electron chi connectivity index (χ4n) is 2.80. The molecule has 5 heteroatoms. The van der Waals surface area contributed by atoms with E-state index >= 15 is 0 Å². The number of hydroxylamine groups is 1. The number of hydrogen-bond acceptors (Lipinski definition) is 4. The van der Waals surface area contributed by atoms with Gasteiger partial charge in [0, 0.05) is 6.54 Å². The van der Waals surface area contributed by atoms with Crippen molar-refractivity contribution in [1.29, 1.82) is 0 Å². The zero-order valence-corrected chi connectivity index (χ0v) is 18.1. The molecule has 0 spiro atoms. The fraction of sp³-hybridized carbons (Fsp3) is 0.320. The lowest BCUT2D eigenvalue weighted by Gasteiger charge is -2.07. The highest BCUT2D eigenvalue weighted by molar-refractivity contribution is 5.90. The van der Waals surface area contributed by atoms with E-state index in [1.165, 1.54) is 0 Å². The largest absolute Gasteiger partial charge is 0.451 e. The minimum atomic E-state index is -0.658. The molecule has 0 radical (unpaired) electrons. The molecule has 0 aliphatic carbocycles. The summed E-state index contributed by atoms with van der Waals surface area (Å²) in [7, 11) is 0. The molecule has 0 saturated heterocycles. The van der Waals surface area contributed by atoms with E-state index in [9.17, 15) is 4.79 Å². The summed E-state index contributed by atoms with van der Waals surface area (Å²) in [5.41, 5.74) is 4.86. The van der Waals surface area contributed by atoms with Crippen LogP contribution in [0.25, 0.3) is 5.57 Å². The second-order valence-electron chi connectivity index (χ2n) is 6.76. The van der Waals surface area contributed by atoms with E-state index in [1.54, 1.807) is 17.6 Å². The predicted octanol–water partition coefficient (Wildman–Crippen LogP) is 5.75. The van der Waals surface area contributed by atoms with Gasteiger partial charge in [0.1, 0.15) is 5.76 Å². The van der Waals surface area contributed by atoms with Crippen LogP contribution in [0.1, 0.15) is 55.8 Å². The van der Waals surface area contributed by atoms with Gasteiger partial charge in [0.05, 0.1) is 0 Å². The standard InChI is InChI=1S/C25H34N2O3/c1-5-8-9-12-20(4)13-11-18-26-19-21(6-2)14-10-15-22(7-3)23-16-17-24(30-23)25(28)27-29/h5-9,12,14,16-17,26,29H,2,4,10-11,13,15,18-19H2,1,3H3,(H,27,28)/b8-5-,12-9-,21-14?,22-7+. The van der Waals surface area contributed by atoms with Crippen molar-refractivity contribution in [2.75, 3.05) is 13.1 Å². The van der Waals surface area contributed by atoms with Crippen molar-refractivity contribution in [2.45, 2.75) is 39.5 Å². The quantitative estimate of drug-likeness (QED) is 0.158. The number of rotatable bonds is 14. The molecular formula is C25H34N2O3. The summed E-state index contributed by atoms with van der Waals surface area (Å²) in [6.45, 7) is 13.6. The molecule has 30 heavy (non-hydrogen) atoms. The highest BCUT2D eigenvalue weighted by Crippen LogP contribution is 2.23. The van der Waals surface area contributed by atoms with Crippen molar-refractivity contribution < 1.29 is 14.4 Å². The van der Waals surface area contributed by atoms with E-state index in [-0.39, 0.29) is 5.76 Å². The Morgan fingerprint density at radius 1 is 1.20 bits per heavy atom. The molecule has 0 aliphatic heterocycles. The summed E-state index contributed by atoms with van der Waals surface area (Å²) in [6, 6.07) is 3.28. The van der Waals surface area contributed by atoms with E-state index < -0.39 is 5.91 Å². The molecule has 1 amide bonds. The van der Waals surface area contributed by atoms with Crippen molar-refractivity contribution >= 4 is 11.5 Å². The molecule has 0 unspecified atom stereocenters. The number of carbonyl (C=O) groups is 1. The molecule has 0 aliphatic rings. The van der Waals surface area contributed by atoms with Crippen LogP contribution in [0.4, 0.5) is 0 Å². The zero-order valence-electron chi connectivity index (χ0n) is 18.1. The van der Waals surface area contributed by atoms with Gasteiger partial charge in [0.2, 0.25) is 0 Å². The first kappa shape index (κ1) is 25.1. The third-order valence-electron chi connectivity index (χ3n) is 4.49. The van der Waals surface area contributed by atoms with Gasteiger partial charge in [-0.2, -0.15) is 0 Å². The summed E-state index contributed by atoms with van der Waals surface area (Å²) in [5, 5.41) is 12.1. The Balaban J connectivity index is 2.40. The molecule has 0 saturated carbocycles. The second kappa shape index (κ2) is 15.0. The third-order valence-corrected chi connectivity index (χ3v) is 4.49. The Labute approximate surface area is 180 Å². The monoisotopic (exact) mass is 410 g/mol. The lowest BCUT2D eigenvalue weighted by molar-refractivity contribution is 0.0675. The maximum atomic E-state index is 11.4. The lowest BCUT2D eigenvalue weighted by atomic mass is 10.1. The maximum Gasteiger partial charge on any atom is 0.310 e. The summed E-state index contributed by atoms with van der Waals surface area (Å²) in [4.78, 5) is 11.4. The van der Waals surface area contributed by atoms with E-state index in [0.717, 1.165) is 55.5 Å². The lowest BCUT2D eigenvalue weighted by Crippen LogP contribution is -2.17. The van der Waals surface area contributed by atoms with Crippen LogP contribution in [0.2, 0.25) is 0 Å². The van der Waals surface area contributed by atoms with Gasteiger partial charge >= 0.3 is 5.91 Å². The van der Waals surface area contributed by atoms with Crippen molar-refractivity contribution in [2.24, 2.45) is 0 Å². The number of amides is 1. The molecule has 0 bridgehead atoms. The molecular weight excluding hydrogens is 376 g/mol. The highest BCUT2D eigenvalue weighted by Gasteiger charge is 2.12. The molecule has 1 aromatic rings. The molecule has 3 N–H and O–H groups in total. The molecule has 5 nitrogen and oxygen atoms in total. The van der Waals surface area contributed by atoms with Crippen molar-refractivity contribution in [3.63, 3.8) is 0 Å². The van der Waals surface area contributed by atoms with Crippen LogP contribution < -0.4 is 10.8 Å². The van der Waals surface area contributed by atoms with E-state index in [1.807, 2.05) is 50.3 Å². The van der Waals surface area contributed by atoms with Crippen LogP contribution >= 0.6 is 0 Å². The minimum Gasteiger partial charge on any atom is -0.451 e. The van der Waals surface area contributed by atoms with Crippen LogP contribution in [-0.2, 0) is 0 Å². The van der Waals surface area contributed by atoms with Crippen LogP contribution in [-0.4, -0.2) is 24.2 Å². The first-order chi connectivity index (χ1) is 14.5. The first-order valence-electron chi connectivity index (χ1n) is 10.2. The fourth-order valence-corrected chi connectivity index (χ4v) is 2.80. The Morgan fingerprint density at radius 3 is 2.63 bits per heavy atom. The summed E-state index contributed by atoms with van der Waals surface area (Å²) < 4.78 is 5.51. The van der Waals surface area contributed by atoms with Crippen LogP contribution in [0.15, 0.2) is 83.4 Å². The van der Waals surface area contributed by atoms with Gasteiger partial charge in [-0.05, 0) is 69.4 Å². The summed E-state index contributed by atoms with van der Waals surface area (Å²) in [5.74, 6) is 0.0545. The molecule has 0 atom stereocenters. The average Bonchev–Trinajstić information content (AvgIpc) is 3.24. The number of allylic oxidation sites excluding steroid dienone is 8. The summed E-state index contributed by atoms with van der Waals surface area (Å²) in [6.07, 6.45) is 17.7. The molecule has 162 valence electrons. The Hall–Kier alpha value is -2.89. The van der Waals surface area contributed by atoms with Gasteiger partial charge in [-0.25, -0.2) is 5.48 Å². The Bertz CT molecular complexity index is 810. The van der Waals surface area contributed by atoms with Crippen molar-refractivity contribution in [3.05, 3.63) is 90.5 Å². The molecule has 1 heterocycles. The molecule has 1 rings (SSSR count). The number of nitrogens with one attached hydrogen (secondary N) is 2. The van der Waals surface area contributed by atoms with E-state index in [0.29, 0.717) is 5.76 Å². The van der Waals surface area contributed by atoms with Gasteiger partial charge < -0.3 is 9.73 Å². The zero-order chi connectivity index (χ0) is 22.2. The minimum absolute atomic E-state index is 0.0818. The van der Waals surface area contributed by atoms with Crippen molar-refractivity contribution in [1.82, 2.24) is 10.8 Å². The number of carbonyl (C=O) groups excluding carboxylic acids is 1. The second-order valence-corrected chi connectivity index (χ2v) is 6.76. The normalized spacial score (nSPS) is 12.6. The van der Waals surface area contributed by atoms with E-state index in [2.05, 4.69) is 24.6 Å². The van der Waals surface area contributed by atoms with Gasteiger partial charge in [-0.15, -0.1) is 0 Å². The average molecular weight is 411 g/mol. The van der Waals surface area contributed by atoms with Crippen LogP contribution in [0.5, 0.6) is 0 Å². The number of furan rings is 1. The van der Waals surface area contributed by atoms with Crippen LogP contribution in [0.3, 0.4) is 0 Å². The van der Waals surface area contributed by atoms with Gasteiger partial charge in [0.25, 0.3) is 0 Å². The Kier molecular flexibility index (Phi) is 12.6. The van der Waals surface area contributed by atoms with Gasteiger partial charge in [0.15, 0.2) is 5.76 Å². The Morgan fingerprint density at radius 2 is 1.97 bits per heavy atom. The van der Waals surface area contributed by atoms with E-state index in [4.69, 9.17) is 9.62 Å². The third kappa shape index (κ3) is 9.54. The maximum absolute atomic E-state index is 11.4. The highest BCUT2D eigenvalue weighted by atomic mass is 16.5. The molecule has 1 aromatic heterocycles.